The lowest BCUT2D eigenvalue weighted by molar-refractivity contribution is -0.274. The van der Waals surface area contributed by atoms with Crippen LogP contribution in [0.5, 0.6) is 5.75 Å². The number of benzene rings is 1. The average molecular weight is 300 g/mol. The highest BCUT2D eigenvalue weighted by molar-refractivity contribution is 5.74. The van der Waals surface area contributed by atoms with E-state index in [0.717, 1.165) is 0 Å². The number of hydrogen-bond acceptors (Lipinski definition) is 4. The molecular formula is C13H15F3N4O. The molecule has 0 radical (unpaired) electrons. The van der Waals surface area contributed by atoms with Gasteiger partial charge in [0, 0.05) is 7.05 Å². The highest BCUT2D eigenvalue weighted by atomic mass is 19.4. The van der Waals surface area contributed by atoms with Crippen LogP contribution in [0, 0.1) is 0 Å². The number of halogens is 3. The molecule has 0 atom stereocenters. The van der Waals surface area contributed by atoms with Crippen molar-refractivity contribution in [2.45, 2.75) is 19.7 Å². The molecule has 5 nitrogen and oxygen atoms in total. The van der Waals surface area contributed by atoms with Crippen LogP contribution in [0.2, 0.25) is 0 Å². The summed E-state index contributed by atoms with van der Waals surface area (Å²) in [6.45, 7) is 1.89. The van der Waals surface area contributed by atoms with Gasteiger partial charge in [-0.3, -0.25) is 4.68 Å². The Kier molecular flexibility index (Phi) is 3.97. The second kappa shape index (κ2) is 5.55. The fourth-order valence-electron chi connectivity index (χ4n) is 1.92. The number of nitrogens with one attached hydrogen (secondary N) is 1. The third kappa shape index (κ3) is 3.39. The van der Waals surface area contributed by atoms with Gasteiger partial charge >= 0.3 is 6.36 Å². The van der Waals surface area contributed by atoms with Gasteiger partial charge in [-0.1, -0.05) is 19.1 Å². The van der Waals surface area contributed by atoms with Gasteiger partial charge in [-0.05, 0) is 18.6 Å². The van der Waals surface area contributed by atoms with E-state index in [1.54, 1.807) is 13.1 Å². The first-order chi connectivity index (χ1) is 9.81. The molecule has 1 heterocycles. The van der Waals surface area contributed by atoms with Gasteiger partial charge < -0.3 is 15.8 Å². The number of para-hydroxylation sites is 2. The number of aromatic nitrogens is 2. The van der Waals surface area contributed by atoms with E-state index in [1.807, 2.05) is 6.92 Å². The van der Waals surface area contributed by atoms with Crippen molar-refractivity contribution in [2.24, 2.45) is 7.05 Å². The third-order valence-electron chi connectivity index (χ3n) is 2.86. The number of nitrogens with zero attached hydrogens (tertiary/aromatic N) is 2. The normalized spacial score (nSPS) is 11.5. The smallest absolute Gasteiger partial charge is 0.404 e. The number of alkyl halides is 3. The standard InChI is InChI=1S/C13H15F3N4O/c1-3-8-11(17)12(20(2)19-8)18-9-6-4-5-7-10(9)21-13(14,15)16/h4-7,18H,3,17H2,1-2H3. The van der Waals surface area contributed by atoms with Gasteiger partial charge in [-0.15, -0.1) is 13.2 Å². The first-order valence-electron chi connectivity index (χ1n) is 6.25. The molecule has 0 bridgehead atoms. The van der Waals surface area contributed by atoms with Gasteiger partial charge in [-0.2, -0.15) is 5.10 Å². The summed E-state index contributed by atoms with van der Waals surface area (Å²) in [5, 5.41) is 7.03. The molecule has 2 aromatic rings. The number of nitrogen functional groups attached to an aromatic ring is 1. The van der Waals surface area contributed by atoms with Gasteiger partial charge in [0.05, 0.1) is 17.1 Å². The van der Waals surface area contributed by atoms with Crippen LogP contribution in [0.3, 0.4) is 0 Å². The molecule has 1 aromatic heterocycles. The van der Waals surface area contributed by atoms with Crippen molar-refractivity contribution in [1.82, 2.24) is 9.78 Å². The molecule has 1 aromatic carbocycles. The summed E-state index contributed by atoms with van der Waals surface area (Å²) < 4.78 is 42.6. The predicted octanol–water partition coefficient (Wildman–Crippen LogP) is 3.21. The van der Waals surface area contributed by atoms with Crippen LogP contribution >= 0.6 is 0 Å². The number of anilines is 3. The quantitative estimate of drug-likeness (QED) is 0.910. The lowest BCUT2D eigenvalue weighted by Crippen LogP contribution is -2.18. The zero-order valence-corrected chi connectivity index (χ0v) is 11.5. The van der Waals surface area contributed by atoms with Crippen molar-refractivity contribution in [1.29, 1.82) is 0 Å². The van der Waals surface area contributed by atoms with Crippen LogP contribution in [0.15, 0.2) is 24.3 Å². The topological polar surface area (TPSA) is 65.1 Å². The minimum atomic E-state index is -4.76. The molecule has 0 amide bonds. The fraction of sp³-hybridized carbons (Fsp3) is 0.308. The van der Waals surface area contributed by atoms with E-state index >= 15 is 0 Å². The van der Waals surface area contributed by atoms with E-state index in [-0.39, 0.29) is 11.4 Å². The van der Waals surface area contributed by atoms with Crippen molar-refractivity contribution in [3.05, 3.63) is 30.0 Å². The fourth-order valence-corrected chi connectivity index (χ4v) is 1.92. The largest absolute Gasteiger partial charge is 0.573 e. The highest BCUT2D eigenvalue weighted by Gasteiger charge is 2.32. The van der Waals surface area contributed by atoms with Crippen LogP contribution in [-0.4, -0.2) is 16.1 Å². The van der Waals surface area contributed by atoms with Crippen molar-refractivity contribution in [3.63, 3.8) is 0 Å². The number of hydrogen-bond donors (Lipinski definition) is 2. The second-order valence-electron chi connectivity index (χ2n) is 4.36. The molecule has 0 aliphatic heterocycles. The number of rotatable bonds is 4. The number of ether oxygens (including phenoxy) is 1. The number of aryl methyl sites for hydroxylation is 2. The molecular weight excluding hydrogens is 285 g/mol. The van der Waals surface area contributed by atoms with Crippen molar-refractivity contribution in [2.75, 3.05) is 11.1 Å². The van der Waals surface area contributed by atoms with Crippen LogP contribution in [0.1, 0.15) is 12.6 Å². The van der Waals surface area contributed by atoms with Crippen LogP contribution in [-0.2, 0) is 13.5 Å². The van der Waals surface area contributed by atoms with E-state index in [2.05, 4.69) is 15.2 Å². The average Bonchev–Trinajstić information content (AvgIpc) is 2.66. The number of nitrogens with two attached hydrogens (primary N) is 1. The summed E-state index contributed by atoms with van der Waals surface area (Å²) in [5.41, 5.74) is 7.17. The molecule has 2 rings (SSSR count). The Morgan fingerprint density at radius 1 is 1.33 bits per heavy atom. The summed E-state index contributed by atoms with van der Waals surface area (Å²) in [7, 11) is 1.66. The minimum absolute atomic E-state index is 0.159. The second-order valence-corrected chi connectivity index (χ2v) is 4.36. The molecule has 0 aliphatic carbocycles. The van der Waals surface area contributed by atoms with E-state index in [0.29, 0.717) is 23.6 Å². The van der Waals surface area contributed by atoms with Gasteiger partial charge in [-0.25, -0.2) is 0 Å². The Morgan fingerprint density at radius 2 is 2.00 bits per heavy atom. The molecule has 0 aliphatic rings. The SMILES string of the molecule is CCc1nn(C)c(Nc2ccccc2OC(F)(F)F)c1N. The summed E-state index contributed by atoms with van der Waals surface area (Å²) in [6.07, 6.45) is -4.13. The Balaban J connectivity index is 2.34. The molecule has 0 fully saturated rings. The lowest BCUT2D eigenvalue weighted by Gasteiger charge is -2.14. The van der Waals surface area contributed by atoms with E-state index in [1.165, 1.54) is 22.9 Å². The maximum atomic E-state index is 12.4. The Morgan fingerprint density at radius 3 is 2.57 bits per heavy atom. The molecule has 0 saturated carbocycles. The third-order valence-corrected chi connectivity index (χ3v) is 2.86. The minimum Gasteiger partial charge on any atom is -0.404 e. The molecule has 0 saturated heterocycles. The van der Waals surface area contributed by atoms with Gasteiger partial charge in [0.15, 0.2) is 11.6 Å². The summed E-state index contributed by atoms with van der Waals surface area (Å²) in [6, 6.07) is 5.75. The molecule has 0 spiro atoms. The van der Waals surface area contributed by atoms with Crippen molar-refractivity contribution >= 4 is 17.2 Å². The van der Waals surface area contributed by atoms with Crippen molar-refractivity contribution in [3.8, 4) is 5.75 Å². The monoisotopic (exact) mass is 300 g/mol. The molecule has 21 heavy (non-hydrogen) atoms. The Hall–Kier alpha value is -2.38. The van der Waals surface area contributed by atoms with Crippen LogP contribution in [0.25, 0.3) is 0 Å². The maximum absolute atomic E-state index is 12.4. The summed E-state index contributed by atoms with van der Waals surface area (Å²) in [4.78, 5) is 0. The first kappa shape index (κ1) is 15.0. The van der Waals surface area contributed by atoms with Crippen LogP contribution < -0.4 is 15.8 Å². The Labute approximate surface area is 119 Å². The van der Waals surface area contributed by atoms with Crippen molar-refractivity contribution < 1.29 is 17.9 Å². The predicted molar refractivity (Wildman–Crippen MR) is 73.4 cm³/mol. The van der Waals surface area contributed by atoms with E-state index < -0.39 is 6.36 Å². The Bertz CT molecular complexity index is 637. The zero-order chi connectivity index (χ0) is 15.6. The highest BCUT2D eigenvalue weighted by Crippen LogP contribution is 2.34. The van der Waals surface area contributed by atoms with Gasteiger partial charge in [0.1, 0.15) is 0 Å². The zero-order valence-electron chi connectivity index (χ0n) is 11.5. The summed E-state index contributed by atoms with van der Waals surface area (Å²) in [5.74, 6) is 0.0914. The first-order valence-corrected chi connectivity index (χ1v) is 6.25. The molecule has 114 valence electrons. The lowest BCUT2D eigenvalue weighted by atomic mass is 10.2. The maximum Gasteiger partial charge on any atom is 0.573 e. The summed E-state index contributed by atoms with van der Waals surface area (Å²) >= 11 is 0. The van der Waals surface area contributed by atoms with Gasteiger partial charge in [0.25, 0.3) is 0 Å². The van der Waals surface area contributed by atoms with E-state index in [9.17, 15) is 13.2 Å². The molecule has 8 heteroatoms. The van der Waals surface area contributed by atoms with E-state index in [4.69, 9.17) is 5.73 Å². The molecule has 0 unspecified atom stereocenters. The molecule has 3 N–H and O–H groups in total. The van der Waals surface area contributed by atoms with Gasteiger partial charge in [0.2, 0.25) is 0 Å². The van der Waals surface area contributed by atoms with Crippen LogP contribution in [0.4, 0.5) is 30.4 Å².